The molecule has 0 aromatic heterocycles. The molecule has 63 heavy (non-hydrogen) atoms. The topological polar surface area (TPSA) is 208 Å². The summed E-state index contributed by atoms with van der Waals surface area (Å²) in [4.78, 5) is -1.31. The predicted octanol–water partition coefficient (Wildman–Crippen LogP) is 1.68. The molecule has 0 saturated heterocycles. The van der Waals surface area contributed by atoms with Crippen molar-refractivity contribution in [3.63, 3.8) is 0 Å². The maximum Gasteiger partial charge on any atom is 1.00 e. The molecule has 1 unspecified atom stereocenters. The van der Waals surface area contributed by atoms with Crippen LogP contribution in [0.25, 0.3) is 11.1 Å². The first kappa shape index (κ1) is 58.4. The summed E-state index contributed by atoms with van der Waals surface area (Å²) in [5.74, 6) is 0.368. The number of aryl methyl sites for hydroxylation is 1. The maximum atomic E-state index is 13.4. The van der Waals surface area contributed by atoms with Crippen LogP contribution in [0.5, 0.6) is 17.2 Å². The SMILES string of the molecule is Cc1ccc(S(=O)(=O)c2ccc(Oc3ccc(-c4ccc(OCC(O)COCC[Si](C)(C)O[Si](C)(C)O[Si](C)(C)O[Si](C)(C)C)cc4)cc3)c(S(=O)(=O)[O-])c2)cc1SOO[O-].[Na+].[Na+]. The minimum absolute atomic E-state index is 0. The van der Waals surface area contributed by atoms with Gasteiger partial charge in [-0.2, -0.15) is 4.33 Å². The third kappa shape index (κ3) is 19.0. The number of benzene rings is 4. The van der Waals surface area contributed by atoms with E-state index in [9.17, 15) is 31.8 Å². The Kier molecular flexibility index (Phi) is 22.7. The molecule has 0 aliphatic rings. The van der Waals surface area contributed by atoms with Crippen LogP contribution in [-0.2, 0) is 46.4 Å². The first-order chi connectivity index (χ1) is 28.2. The van der Waals surface area contributed by atoms with Gasteiger partial charge in [-0.1, -0.05) is 30.3 Å². The fraction of sp³-hybridized carbons (Fsp3) is 0.385. The Hall–Kier alpha value is -0.762. The van der Waals surface area contributed by atoms with Crippen LogP contribution >= 0.6 is 12.0 Å². The van der Waals surface area contributed by atoms with Gasteiger partial charge in [-0.3, -0.25) is 5.04 Å². The zero-order valence-electron chi connectivity index (χ0n) is 37.9. The Labute approximate surface area is 424 Å². The van der Waals surface area contributed by atoms with Gasteiger partial charge in [0, 0.05) is 11.5 Å². The number of rotatable bonds is 23. The normalized spacial score (nSPS) is 13.2. The summed E-state index contributed by atoms with van der Waals surface area (Å²) >= 11 is 0.504. The summed E-state index contributed by atoms with van der Waals surface area (Å²) in [5, 5.41) is 24.1. The summed E-state index contributed by atoms with van der Waals surface area (Å²) in [6.07, 6.45) is -0.844. The number of hydrogen-bond acceptors (Lipinski definition) is 16. The molecule has 15 nitrogen and oxygen atoms in total. The number of aliphatic hydroxyl groups is 1. The molecule has 1 atom stereocenters. The van der Waals surface area contributed by atoms with Gasteiger partial charge < -0.3 is 41.5 Å². The summed E-state index contributed by atoms with van der Waals surface area (Å²) in [6, 6.07) is 21.5. The van der Waals surface area contributed by atoms with E-state index in [1.807, 2.05) is 12.1 Å². The van der Waals surface area contributed by atoms with E-state index in [-0.39, 0.29) is 93.6 Å². The van der Waals surface area contributed by atoms with Gasteiger partial charge in [0.05, 0.1) is 33.3 Å². The smallest absolute Gasteiger partial charge is 0.744 e. The summed E-state index contributed by atoms with van der Waals surface area (Å²) < 4.78 is 105. The molecule has 0 amide bonds. The van der Waals surface area contributed by atoms with E-state index < -0.39 is 69.6 Å². The van der Waals surface area contributed by atoms with Crippen molar-refractivity contribution in [1.82, 2.24) is 0 Å². The van der Waals surface area contributed by atoms with E-state index in [1.165, 1.54) is 18.2 Å². The molecule has 4 aromatic carbocycles. The van der Waals surface area contributed by atoms with Crippen LogP contribution in [0.2, 0.25) is 65.0 Å². The van der Waals surface area contributed by atoms with Gasteiger partial charge in [0.1, 0.15) is 40.1 Å². The van der Waals surface area contributed by atoms with Crippen LogP contribution in [0.15, 0.2) is 105 Å². The van der Waals surface area contributed by atoms with Crippen LogP contribution in [-0.4, -0.2) is 86.2 Å². The van der Waals surface area contributed by atoms with Gasteiger partial charge in [0.2, 0.25) is 9.84 Å². The second-order valence-electron chi connectivity index (χ2n) is 16.6. The van der Waals surface area contributed by atoms with Crippen LogP contribution in [0.4, 0.5) is 0 Å². The molecule has 0 bridgehead atoms. The van der Waals surface area contributed by atoms with Gasteiger partial charge in [-0.05, 0) is 143 Å². The van der Waals surface area contributed by atoms with Crippen molar-refractivity contribution >= 4 is 65.8 Å². The largest absolute Gasteiger partial charge is 1.00 e. The van der Waals surface area contributed by atoms with Crippen molar-refractivity contribution in [1.29, 1.82) is 0 Å². The number of sulfone groups is 1. The molecule has 0 aliphatic carbocycles. The van der Waals surface area contributed by atoms with Crippen LogP contribution < -0.4 is 73.8 Å². The predicted molar refractivity (Wildman–Crippen MR) is 237 cm³/mol. The molecule has 0 spiro atoms. The van der Waals surface area contributed by atoms with Crippen LogP contribution in [0.3, 0.4) is 0 Å². The molecule has 0 heterocycles. The van der Waals surface area contributed by atoms with E-state index in [2.05, 4.69) is 68.3 Å². The molecule has 0 saturated carbocycles. The summed E-state index contributed by atoms with van der Waals surface area (Å²) in [7, 11) is -18.2. The Morgan fingerprint density at radius 3 is 1.79 bits per heavy atom. The zero-order valence-corrected chi connectivity index (χ0v) is 48.3. The van der Waals surface area contributed by atoms with Crippen LogP contribution in [0.1, 0.15) is 5.56 Å². The molecule has 24 heteroatoms. The zero-order chi connectivity index (χ0) is 45.4. The van der Waals surface area contributed by atoms with E-state index in [1.54, 1.807) is 43.3 Å². The van der Waals surface area contributed by atoms with Crippen molar-refractivity contribution in [2.75, 3.05) is 19.8 Å². The monoisotopic (exact) mass is 1020 g/mol. The minimum Gasteiger partial charge on any atom is -0.744 e. The molecular formula is C39H54Na2O15S3Si4. The van der Waals surface area contributed by atoms with E-state index in [4.69, 9.17) is 26.6 Å². The average molecular weight is 1020 g/mol. The number of hydrogen-bond donors (Lipinski definition) is 1. The Bertz CT molecular complexity index is 2320. The van der Waals surface area contributed by atoms with Crippen molar-refractivity contribution in [3.8, 4) is 28.4 Å². The number of aliphatic hydroxyl groups excluding tert-OH is 1. The second kappa shape index (κ2) is 24.5. The van der Waals surface area contributed by atoms with Gasteiger partial charge >= 0.3 is 76.2 Å². The standard InChI is InChI=1S/C39H56O15S3Si4.2Na/c1-29-11-20-35(25-38(29)55-51-50-41)56(42,43)36-21-22-37(39(26-36)57(44,45)46)49-34-18-14-31(15-19-34)30-12-16-33(17-13-30)48-28-32(40)27-47-23-24-59(5,6)53-61(9,10)54-60(7,8)52-58(2,3)4;;/h11-22,25-26,32,40-41H,23-24,27-28H2,1-10H3,(H,44,45,46);;/q;2*+1/p-2. The van der Waals surface area contributed by atoms with Crippen molar-refractivity contribution < 1.29 is 127 Å². The third-order valence-electron chi connectivity index (χ3n) is 8.55. The van der Waals surface area contributed by atoms with Gasteiger partial charge in [0.15, 0.2) is 16.6 Å². The van der Waals surface area contributed by atoms with E-state index in [0.29, 0.717) is 30.0 Å². The quantitative estimate of drug-likeness (QED) is 0.0280. The molecule has 336 valence electrons. The molecule has 1 N–H and O–H groups in total. The molecule has 0 fully saturated rings. The third-order valence-corrected chi connectivity index (χ3v) is 25.8. The Morgan fingerprint density at radius 1 is 0.698 bits per heavy atom. The van der Waals surface area contributed by atoms with Gasteiger partial charge in [-0.15, -0.1) is 0 Å². The van der Waals surface area contributed by atoms with Gasteiger partial charge in [0.25, 0.3) is 0 Å². The average Bonchev–Trinajstić information content (AvgIpc) is 3.13. The molecule has 0 aliphatic heterocycles. The molecular weight excluding hydrogens is 963 g/mol. The summed E-state index contributed by atoms with van der Waals surface area (Å²) in [5.41, 5.74) is 2.19. The van der Waals surface area contributed by atoms with E-state index in [0.717, 1.165) is 35.4 Å². The first-order valence-electron chi connectivity index (χ1n) is 19.2. The van der Waals surface area contributed by atoms with Crippen molar-refractivity contribution in [3.05, 3.63) is 90.5 Å². The Balaban J connectivity index is 0.00000683. The van der Waals surface area contributed by atoms with Crippen molar-refractivity contribution in [2.24, 2.45) is 0 Å². The fourth-order valence-electron chi connectivity index (χ4n) is 6.41. The minimum atomic E-state index is -5.19. The molecule has 4 aromatic rings. The molecule has 4 rings (SSSR count). The van der Waals surface area contributed by atoms with E-state index >= 15 is 0 Å². The van der Waals surface area contributed by atoms with Gasteiger partial charge in [-0.25, -0.2) is 16.8 Å². The Morgan fingerprint density at radius 2 is 1.24 bits per heavy atom. The maximum absolute atomic E-state index is 13.4. The van der Waals surface area contributed by atoms with Crippen LogP contribution in [0, 0.1) is 6.92 Å². The molecule has 0 radical (unpaired) electrons. The second-order valence-corrected chi connectivity index (χ2v) is 37.0. The van der Waals surface area contributed by atoms with Crippen molar-refractivity contribution in [2.45, 2.75) is 97.6 Å². The number of ether oxygens (including phenoxy) is 3. The summed E-state index contributed by atoms with van der Waals surface area (Å²) in [6.45, 7) is 21.3. The first-order valence-corrected chi connectivity index (χ1v) is 34.9. The fourth-order valence-corrected chi connectivity index (χ4v) is 27.1.